The normalized spacial score (nSPS) is 15.9. The van der Waals surface area contributed by atoms with E-state index in [4.69, 9.17) is 0 Å². The first-order valence-corrected chi connectivity index (χ1v) is 3.38. The van der Waals surface area contributed by atoms with Gasteiger partial charge in [0.2, 0.25) is 5.96 Å². The Labute approximate surface area is 60.4 Å². The second-order valence-corrected chi connectivity index (χ2v) is 1.89. The third-order valence-electron chi connectivity index (χ3n) is 1.08. The van der Waals surface area contributed by atoms with Crippen LogP contribution in [-0.4, -0.2) is 19.0 Å². The van der Waals surface area contributed by atoms with E-state index < -0.39 is 0 Å². The molecule has 0 amide bonds. The van der Waals surface area contributed by atoms with E-state index in [0.29, 0.717) is 0 Å². The highest BCUT2D eigenvalue weighted by atomic mass is 15.4. The van der Waals surface area contributed by atoms with Crippen LogP contribution in [0.5, 0.6) is 0 Å². The molecule has 0 bridgehead atoms. The van der Waals surface area contributed by atoms with Gasteiger partial charge in [-0.05, 0) is 6.08 Å². The standard InChI is InChI=1S/C6H12N4/c1-2-9-10-6-7-4-3-5-8-6/h3-4,9H,2,5H2,1H3,(H2,7,8,10). The SMILES string of the molecule is CCNNC1=NCC=CN1. The summed E-state index contributed by atoms with van der Waals surface area (Å²) in [5, 5.41) is 2.95. The van der Waals surface area contributed by atoms with Gasteiger partial charge in [-0.2, -0.15) is 0 Å². The minimum absolute atomic E-state index is 0.751. The van der Waals surface area contributed by atoms with Crippen LogP contribution in [0.15, 0.2) is 17.3 Å². The maximum Gasteiger partial charge on any atom is 0.210 e. The molecule has 1 heterocycles. The molecular formula is C6H12N4. The van der Waals surface area contributed by atoms with Crippen molar-refractivity contribution in [1.82, 2.24) is 16.2 Å². The minimum Gasteiger partial charge on any atom is -0.332 e. The second-order valence-electron chi connectivity index (χ2n) is 1.89. The maximum atomic E-state index is 4.11. The van der Waals surface area contributed by atoms with E-state index in [1.807, 2.05) is 19.2 Å². The summed E-state index contributed by atoms with van der Waals surface area (Å²) in [6.07, 6.45) is 3.82. The fourth-order valence-electron chi connectivity index (χ4n) is 0.628. The van der Waals surface area contributed by atoms with Gasteiger partial charge in [0.15, 0.2) is 0 Å². The van der Waals surface area contributed by atoms with Crippen LogP contribution in [0.3, 0.4) is 0 Å². The number of nitrogens with zero attached hydrogens (tertiary/aromatic N) is 1. The Hall–Kier alpha value is -1.03. The quantitative estimate of drug-likeness (QED) is 0.456. The summed E-state index contributed by atoms with van der Waals surface area (Å²) in [5.41, 5.74) is 5.85. The number of hydrogen-bond acceptors (Lipinski definition) is 4. The number of rotatable bonds is 2. The lowest BCUT2D eigenvalue weighted by atomic mass is 10.5. The third kappa shape index (κ3) is 2.06. The lowest BCUT2D eigenvalue weighted by Crippen LogP contribution is -2.44. The average molecular weight is 140 g/mol. The van der Waals surface area contributed by atoms with Gasteiger partial charge in [-0.1, -0.05) is 6.92 Å². The molecule has 1 aliphatic heterocycles. The lowest BCUT2D eigenvalue weighted by Gasteiger charge is -2.11. The Bertz CT molecular complexity index is 150. The van der Waals surface area contributed by atoms with Gasteiger partial charge in [0.05, 0.1) is 6.54 Å². The molecule has 1 rings (SSSR count). The lowest BCUT2D eigenvalue weighted by molar-refractivity contribution is 0.668. The van der Waals surface area contributed by atoms with Crippen LogP contribution in [0, 0.1) is 0 Å². The predicted molar refractivity (Wildman–Crippen MR) is 41.4 cm³/mol. The Balaban J connectivity index is 2.21. The largest absolute Gasteiger partial charge is 0.332 e. The molecule has 4 nitrogen and oxygen atoms in total. The van der Waals surface area contributed by atoms with E-state index in [-0.39, 0.29) is 0 Å². The van der Waals surface area contributed by atoms with Gasteiger partial charge in [0, 0.05) is 12.7 Å². The van der Waals surface area contributed by atoms with Crippen LogP contribution < -0.4 is 16.2 Å². The number of aliphatic imine (C=N–C) groups is 1. The van der Waals surface area contributed by atoms with Crippen molar-refractivity contribution in [1.29, 1.82) is 0 Å². The van der Waals surface area contributed by atoms with Gasteiger partial charge in [0.25, 0.3) is 0 Å². The van der Waals surface area contributed by atoms with E-state index in [1.165, 1.54) is 0 Å². The zero-order valence-electron chi connectivity index (χ0n) is 6.02. The smallest absolute Gasteiger partial charge is 0.210 e. The summed E-state index contributed by atoms with van der Waals surface area (Å²) in [4.78, 5) is 4.11. The number of guanidine groups is 1. The molecule has 0 saturated heterocycles. The van der Waals surface area contributed by atoms with Crippen LogP contribution >= 0.6 is 0 Å². The highest BCUT2D eigenvalue weighted by Gasteiger charge is 1.94. The zero-order chi connectivity index (χ0) is 7.23. The van der Waals surface area contributed by atoms with Gasteiger partial charge >= 0.3 is 0 Å². The molecule has 4 heteroatoms. The molecule has 0 aromatic carbocycles. The summed E-state index contributed by atoms with van der Waals surface area (Å²) in [6, 6.07) is 0. The summed E-state index contributed by atoms with van der Waals surface area (Å²) in [6.45, 7) is 3.65. The first-order valence-electron chi connectivity index (χ1n) is 3.38. The molecule has 0 saturated carbocycles. The van der Waals surface area contributed by atoms with Crippen molar-refractivity contribution in [3.63, 3.8) is 0 Å². The van der Waals surface area contributed by atoms with Crippen molar-refractivity contribution in [2.75, 3.05) is 13.1 Å². The molecule has 0 aromatic rings. The van der Waals surface area contributed by atoms with Crippen molar-refractivity contribution >= 4 is 5.96 Å². The Morgan fingerprint density at radius 2 is 2.70 bits per heavy atom. The van der Waals surface area contributed by atoms with E-state index in [0.717, 1.165) is 19.0 Å². The number of hydrogen-bond donors (Lipinski definition) is 3. The summed E-state index contributed by atoms with van der Waals surface area (Å²) in [5.74, 6) is 0.782. The van der Waals surface area contributed by atoms with Crippen LogP contribution in [0.2, 0.25) is 0 Å². The molecule has 0 atom stereocenters. The van der Waals surface area contributed by atoms with Crippen molar-refractivity contribution in [2.45, 2.75) is 6.92 Å². The van der Waals surface area contributed by atoms with E-state index in [1.54, 1.807) is 0 Å². The summed E-state index contributed by atoms with van der Waals surface area (Å²) in [7, 11) is 0. The van der Waals surface area contributed by atoms with Crippen molar-refractivity contribution in [3.05, 3.63) is 12.3 Å². The second kappa shape index (κ2) is 3.90. The number of nitrogens with one attached hydrogen (secondary N) is 3. The molecule has 0 aromatic heterocycles. The molecule has 3 N–H and O–H groups in total. The van der Waals surface area contributed by atoms with E-state index in [9.17, 15) is 0 Å². The topological polar surface area (TPSA) is 48.5 Å². The van der Waals surface area contributed by atoms with E-state index in [2.05, 4.69) is 21.2 Å². The predicted octanol–water partition coefficient (Wildman–Crippen LogP) is -0.427. The molecule has 0 radical (unpaired) electrons. The van der Waals surface area contributed by atoms with Gasteiger partial charge < -0.3 is 5.32 Å². The minimum atomic E-state index is 0.751. The molecule has 0 aliphatic carbocycles. The Morgan fingerprint density at radius 3 is 3.30 bits per heavy atom. The average Bonchev–Trinajstić information content (AvgIpc) is 2.03. The fourth-order valence-corrected chi connectivity index (χ4v) is 0.628. The van der Waals surface area contributed by atoms with E-state index >= 15 is 0 Å². The van der Waals surface area contributed by atoms with Crippen LogP contribution in [0.25, 0.3) is 0 Å². The van der Waals surface area contributed by atoms with Crippen molar-refractivity contribution < 1.29 is 0 Å². The van der Waals surface area contributed by atoms with Crippen LogP contribution in [0.4, 0.5) is 0 Å². The Morgan fingerprint density at radius 1 is 1.80 bits per heavy atom. The summed E-state index contributed by atoms with van der Waals surface area (Å²) >= 11 is 0. The molecule has 0 spiro atoms. The maximum absolute atomic E-state index is 4.11. The third-order valence-corrected chi connectivity index (χ3v) is 1.08. The highest BCUT2D eigenvalue weighted by molar-refractivity contribution is 5.80. The first-order chi connectivity index (χ1) is 4.93. The van der Waals surface area contributed by atoms with Gasteiger partial charge in [-0.15, -0.1) is 0 Å². The molecule has 56 valence electrons. The fraction of sp³-hybridized carbons (Fsp3) is 0.500. The Kier molecular flexibility index (Phi) is 2.76. The molecule has 10 heavy (non-hydrogen) atoms. The van der Waals surface area contributed by atoms with Crippen LogP contribution in [0.1, 0.15) is 6.92 Å². The summed E-state index contributed by atoms with van der Waals surface area (Å²) < 4.78 is 0. The number of hydrazine groups is 1. The first kappa shape index (κ1) is 7.08. The van der Waals surface area contributed by atoms with Gasteiger partial charge in [-0.3, -0.25) is 5.43 Å². The molecular weight excluding hydrogens is 128 g/mol. The van der Waals surface area contributed by atoms with Crippen molar-refractivity contribution in [3.8, 4) is 0 Å². The molecule has 0 unspecified atom stereocenters. The van der Waals surface area contributed by atoms with Gasteiger partial charge in [-0.25, -0.2) is 10.4 Å². The molecule has 1 aliphatic rings. The monoisotopic (exact) mass is 140 g/mol. The van der Waals surface area contributed by atoms with Gasteiger partial charge in [0.1, 0.15) is 0 Å². The van der Waals surface area contributed by atoms with Crippen LogP contribution in [-0.2, 0) is 0 Å². The highest BCUT2D eigenvalue weighted by Crippen LogP contribution is 1.80. The van der Waals surface area contributed by atoms with Crippen molar-refractivity contribution in [2.24, 2.45) is 4.99 Å². The zero-order valence-corrected chi connectivity index (χ0v) is 6.02. The molecule has 0 fully saturated rings.